The molecule has 1 atom stereocenters. The fourth-order valence-electron chi connectivity index (χ4n) is 1.96. The average molecular weight is 191 g/mol. The van der Waals surface area contributed by atoms with Gasteiger partial charge in [-0.3, -0.25) is 0 Å². The van der Waals surface area contributed by atoms with E-state index in [2.05, 4.69) is 16.0 Å². The molecule has 0 saturated carbocycles. The lowest BCUT2D eigenvalue weighted by molar-refractivity contribution is 0.794. The van der Waals surface area contributed by atoms with Crippen LogP contribution in [-0.2, 0) is 0 Å². The number of pyridine rings is 1. The molecule has 0 amide bonds. The second kappa shape index (κ2) is 3.96. The molecule has 2 N–H and O–H groups in total. The third-order valence-electron chi connectivity index (χ3n) is 2.71. The van der Waals surface area contributed by atoms with Crippen molar-refractivity contribution in [2.75, 3.05) is 18.0 Å². The summed E-state index contributed by atoms with van der Waals surface area (Å²) >= 11 is 0. The molecule has 0 bridgehead atoms. The normalized spacial score (nSPS) is 18.6. The Labute approximate surface area is 84.9 Å². The van der Waals surface area contributed by atoms with E-state index in [4.69, 9.17) is 5.73 Å². The summed E-state index contributed by atoms with van der Waals surface area (Å²) in [5.41, 5.74) is 7.08. The Hall–Kier alpha value is -1.09. The summed E-state index contributed by atoms with van der Waals surface area (Å²) in [5, 5.41) is 0. The van der Waals surface area contributed by atoms with Crippen molar-refractivity contribution < 1.29 is 0 Å². The smallest absolute Gasteiger partial charge is 0.133 e. The maximum absolute atomic E-state index is 5.92. The molecule has 76 valence electrons. The van der Waals surface area contributed by atoms with Crippen LogP contribution < -0.4 is 10.6 Å². The van der Waals surface area contributed by atoms with Crippen molar-refractivity contribution in [2.45, 2.75) is 25.8 Å². The van der Waals surface area contributed by atoms with E-state index in [1.807, 2.05) is 19.2 Å². The van der Waals surface area contributed by atoms with Crippen LogP contribution in [0.5, 0.6) is 0 Å². The van der Waals surface area contributed by atoms with Crippen LogP contribution in [0.1, 0.15) is 31.4 Å². The summed E-state index contributed by atoms with van der Waals surface area (Å²) in [4.78, 5) is 6.76. The van der Waals surface area contributed by atoms with Gasteiger partial charge in [-0.25, -0.2) is 4.98 Å². The van der Waals surface area contributed by atoms with Crippen LogP contribution in [-0.4, -0.2) is 18.1 Å². The maximum atomic E-state index is 5.92. The van der Waals surface area contributed by atoms with E-state index in [9.17, 15) is 0 Å². The summed E-state index contributed by atoms with van der Waals surface area (Å²) in [6, 6.07) is 4.10. The lowest BCUT2D eigenvalue weighted by Gasteiger charge is -2.21. The van der Waals surface area contributed by atoms with Gasteiger partial charge in [-0.1, -0.05) is 6.07 Å². The predicted octanol–water partition coefficient (Wildman–Crippen LogP) is 1.70. The maximum Gasteiger partial charge on any atom is 0.133 e. The molecule has 1 saturated heterocycles. The minimum Gasteiger partial charge on any atom is -0.356 e. The second-order valence-electron chi connectivity index (χ2n) is 3.90. The van der Waals surface area contributed by atoms with Crippen LogP contribution in [0.15, 0.2) is 18.3 Å². The van der Waals surface area contributed by atoms with Crippen LogP contribution in [0.3, 0.4) is 0 Å². The van der Waals surface area contributed by atoms with Crippen LogP contribution in [0.4, 0.5) is 5.82 Å². The van der Waals surface area contributed by atoms with E-state index >= 15 is 0 Å². The van der Waals surface area contributed by atoms with Gasteiger partial charge in [0.05, 0.1) is 0 Å². The van der Waals surface area contributed by atoms with Crippen molar-refractivity contribution in [3.05, 3.63) is 23.9 Å². The molecular weight excluding hydrogens is 174 g/mol. The SMILES string of the molecule is C[C@@H](N)c1cccnc1N1CCCC1. The summed E-state index contributed by atoms with van der Waals surface area (Å²) in [6.45, 7) is 4.25. The van der Waals surface area contributed by atoms with Crippen molar-refractivity contribution in [2.24, 2.45) is 5.73 Å². The Morgan fingerprint density at radius 1 is 1.43 bits per heavy atom. The number of hydrogen-bond donors (Lipinski definition) is 1. The third-order valence-corrected chi connectivity index (χ3v) is 2.71. The molecule has 0 radical (unpaired) electrons. The quantitative estimate of drug-likeness (QED) is 0.773. The Morgan fingerprint density at radius 3 is 2.79 bits per heavy atom. The Kier molecular flexibility index (Phi) is 2.68. The number of aromatic nitrogens is 1. The molecule has 0 aliphatic carbocycles. The highest BCUT2D eigenvalue weighted by Crippen LogP contribution is 2.25. The zero-order chi connectivity index (χ0) is 9.97. The van der Waals surface area contributed by atoms with Gasteiger partial charge in [0.2, 0.25) is 0 Å². The molecule has 0 spiro atoms. The van der Waals surface area contributed by atoms with E-state index in [1.54, 1.807) is 0 Å². The van der Waals surface area contributed by atoms with Crippen molar-refractivity contribution in [1.29, 1.82) is 0 Å². The summed E-state index contributed by atoms with van der Waals surface area (Å²) in [5.74, 6) is 1.08. The number of rotatable bonds is 2. The van der Waals surface area contributed by atoms with Crippen LogP contribution >= 0.6 is 0 Å². The lowest BCUT2D eigenvalue weighted by Crippen LogP contribution is -2.22. The van der Waals surface area contributed by atoms with Gasteiger partial charge >= 0.3 is 0 Å². The van der Waals surface area contributed by atoms with Gasteiger partial charge in [0.1, 0.15) is 5.82 Å². The van der Waals surface area contributed by atoms with E-state index in [0.29, 0.717) is 0 Å². The predicted molar refractivity (Wildman–Crippen MR) is 58.3 cm³/mol. The van der Waals surface area contributed by atoms with Gasteiger partial charge in [-0.2, -0.15) is 0 Å². The summed E-state index contributed by atoms with van der Waals surface area (Å²) in [6.07, 6.45) is 4.39. The molecule has 3 nitrogen and oxygen atoms in total. The first-order chi connectivity index (χ1) is 6.79. The lowest BCUT2D eigenvalue weighted by atomic mass is 10.1. The zero-order valence-corrected chi connectivity index (χ0v) is 8.61. The molecule has 0 unspecified atom stereocenters. The summed E-state index contributed by atoms with van der Waals surface area (Å²) < 4.78 is 0. The number of anilines is 1. The number of nitrogens with two attached hydrogens (primary N) is 1. The fourth-order valence-corrected chi connectivity index (χ4v) is 1.96. The Morgan fingerprint density at radius 2 is 2.14 bits per heavy atom. The van der Waals surface area contributed by atoms with Gasteiger partial charge in [0.15, 0.2) is 0 Å². The number of nitrogens with zero attached hydrogens (tertiary/aromatic N) is 2. The highest BCUT2D eigenvalue weighted by Gasteiger charge is 2.17. The molecule has 3 heteroatoms. The monoisotopic (exact) mass is 191 g/mol. The van der Waals surface area contributed by atoms with Crippen LogP contribution in [0.25, 0.3) is 0 Å². The fraction of sp³-hybridized carbons (Fsp3) is 0.545. The van der Waals surface area contributed by atoms with Crippen molar-refractivity contribution in [1.82, 2.24) is 4.98 Å². The van der Waals surface area contributed by atoms with Crippen molar-refractivity contribution >= 4 is 5.82 Å². The molecule has 1 aromatic rings. The number of hydrogen-bond acceptors (Lipinski definition) is 3. The molecule has 0 aromatic carbocycles. The minimum atomic E-state index is 0.0688. The van der Waals surface area contributed by atoms with E-state index < -0.39 is 0 Å². The van der Waals surface area contributed by atoms with Gasteiger partial charge in [0.25, 0.3) is 0 Å². The molecule has 1 fully saturated rings. The third kappa shape index (κ3) is 1.73. The first kappa shape index (κ1) is 9.46. The highest BCUT2D eigenvalue weighted by atomic mass is 15.2. The van der Waals surface area contributed by atoms with E-state index in [1.165, 1.54) is 12.8 Å². The summed E-state index contributed by atoms with van der Waals surface area (Å²) in [7, 11) is 0. The molecular formula is C11H17N3. The Bertz CT molecular complexity index is 303. The molecule has 1 aliphatic rings. The van der Waals surface area contributed by atoms with E-state index in [0.717, 1.165) is 24.5 Å². The Balaban J connectivity index is 2.30. The van der Waals surface area contributed by atoms with Gasteiger partial charge in [0, 0.05) is 30.9 Å². The first-order valence-corrected chi connectivity index (χ1v) is 5.24. The largest absolute Gasteiger partial charge is 0.356 e. The molecule has 1 aromatic heterocycles. The zero-order valence-electron chi connectivity index (χ0n) is 8.61. The molecule has 1 aliphatic heterocycles. The average Bonchev–Trinajstić information content (AvgIpc) is 2.70. The van der Waals surface area contributed by atoms with Gasteiger partial charge < -0.3 is 10.6 Å². The first-order valence-electron chi connectivity index (χ1n) is 5.24. The van der Waals surface area contributed by atoms with Crippen LogP contribution in [0.2, 0.25) is 0 Å². The van der Waals surface area contributed by atoms with Crippen LogP contribution in [0, 0.1) is 0 Å². The van der Waals surface area contributed by atoms with Gasteiger partial charge in [-0.15, -0.1) is 0 Å². The standard InChI is InChI=1S/C11H17N3/c1-9(12)10-5-4-6-13-11(10)14-7-2-3-8-14/h4-6,9H,2-3,7-8,12H2,1H3/t9-/m1/s1. The molecule has 14 heavy (non-hydrogen) atoms. The van der Waals surface area contributed by atoms with Gasteiger partial charge in [-0.05, 0) is 25.8 Å². The molecule has 2 heterocycles. The van der Waals surface area contributed by atoms with E-state index in [-0.39, 0.29) is 6.04 Å². The second-order valence-corrected chi connectivity index (χ2v) is 3.90. The topological polar surface area (TPSA) is 42.1 Å². The molecule has 2 rings (SSSR count). The van der Waals surface area contributed by atoms with Crippen molar-refractivity contribution in [3.63, 3.8) is 0 Å². The van der Waals surface area contributed by atoms with Crippen molar-refractivity contribution in [3.8, 4) is 0 Å². The highest BCUT2D eigenvalue weighted by molar-refractivity contribution is 5.48. The minimum absolute atomic E-state index is 0.0688.